The number of halogens is 11. The van der Waals surface area contributed by atoms with Crippen molar-refractivity contribution in [3.8, 4) is 34.4 Å². The maximum atomic E-state index is 13.6. The second-order valence-corrected chi connectivity index (χ2v) is 35.6. The molecule has 0 bridgehead atoms. The van der Waals surface area contributed by atoms with Gasteiger partial charge in [-0.25, -0.2) is 49.5 Å². The number of nitrogen functional groups attached to an aromatic ring is 1. The minimum absolute atomic E-state index is 0.00303. The Morgan fingerprint density at radius 2 is 0.752 bits per heavy atom. The fourth-order valence-corrected chi connectivity index (χ4v) is 15.2. The van der Waals surface area contributed by atoms with Crippen molar-refractivity contribution in [2.45, 2.75) is 123 Å². The standard InChI is InChI=1S/C30H26ClF3N4O3.C27H29F3N4O4.C22H21F3N4O2.C15H24N4O2.C5H3ClN2O2/c31-23-10-5-4-9-22(23)18-26(40)38-14-6-13-37(15-16-38)25-12-11-20(19-35-25)17-24(39)27-28(30(32,33)34)41-29(36-27)21-7-2-1-3-8-21;1-26(2,3)38-25(36)34-13-7-12-33(14-15-34)21-11-10-18(17-31-21)16-20(35)22-23(27(28,29)30)37-24(32-22)19-8-5-4-6-9-19;23-22(24,25)20-19(28-21(31-20)16-5-2-1-3-6-16)17(30)13-15-7-8-18(27-14-15)29-11-4-9-26-10-12-29;1-15(2,3)21-14(20)19-8-4-7-18(9-10-19)13-6-5-12(16)11-17-13;6-5-2-1-4(3-7-5)8(9)10/h1-5,7-12,19H,6,13-18H2;4-6,8-11,17H,7,12-16H2,1-3H3;1-3,5-8,14,26H,4,9-13H2;5-6,11H,4,7-10,16H2,1-3H3;1-3H. The number of amides is 3. The Balaban J connectivity index is 0.000000166. The number of pyridine rings is 5. The Kier molecular flexibility index (Phi) is 35.9. The first-order valence-corrected chi connectivity index (χ1v) is 45.8. The number of hydrogen-bond donors (Lipinski definition) is 2. The monoisotopic (exact) mass is 1990 g/mol. The summed E-state index contributed by atoms with van der Waals surface area (Å²) in [6.45, 7) is 22.2. The van der Waals surface area contributed by atoms with Crippen molar-refractivity contribution in [3.05, 3.63) is 284 Å². The molecule has 0 aliphatic carbocycles. The molecule has 12 aromatic rings. The third-order valence-electron chi connectivity index (χ3n) is 21.8. The lowest BCUT2D eigenvalue weighted by molar-refractivity contribution is -0.385. The highest BCUT2D eigenvalue weighted by Crippen LogP contribution is 2.40. The number of ketones is 3. The first-order valence-electron chi connectivity index (χ1n) is 45.1. The van der Waals surface area contributed by atoms with Gasteiger partial charge in [-0.05, 0) is 175 Å². The number of hydrogen-bond acceptors (Lipinski definition) is 27. The molecule has 3 amide bonds. The van der Waals surface area contributed by atoms with Crippen LogP contribution in [0.1, 0.15) is 138 Å². The van der Waals surface area contributed by atoms with E-state index in [9.17, 15) is 78.4 Å². The third kappa shape index (κ3) is 31.0. The van der Waals surface area contributed by atoms with Gasteiger partial charge in [-0.2, -0.15) is 39.5 Å². The Morgan fingerprint density at radius 1 is 0.397 bits per heavy atom. The van der Waals surface area contributed by atoms with Crippen LogP contribution in [-0.4, -0.2) is 211 Å². The van der Waals surface area contributed by atoms with Crippen LogP contribution in [0.15, 0.2) is 220 Å². The van der Waals surface area contributed by atoms with Crippen molar-refractivity contribution >= 4 is 93.3 Å². The van der Waals surface area contributed by atoms with Crippen molar-refractivity contribution in [1.82, 2.24) is 59.9 Å². The summed E-state index contributed by atoms with van der Waals surface area (Å²) in [5.41, 5.74) is 6.24. The number of anilines is 5. The van der Waals surface area contributed by atoms with Crippen LogP contribution < -0.4 is 30.7 Å². The lowest BCUT2D eigenvalue weighted by Crippen LogP contribution is -2.39. The van der Waals surface area contributed by atoms with Gasteiger partial charge < -0.3 is 68.1 Å². The van der Waals surface area contributed by atoms with E-state index in [0.29, 0.717) is 121 Å². The van der Waals surface area contributed by atoms with Gasteiger partial charge in [0.15, 0.2) is 34.4 Å². The smallest absolute Gasteiger partial charge is 0.444 e. The van der Waals surface area contributed by atoms with Gasteiger partial charge in [0.05, 0.1) is 23.2 Å². The Bertz CT molecular complexity index is 6170. The quantitative estimate of drug-likeness (QED) is 0.0250. The summed E-state index contributed by atoms with van der Waals surface area (Å²) >= 11 is 11.6. The predicted molar refractivity (Wildman–Crippen MR) is 510 cm³/mol. The summed E-state index contributed by atoms with van der Waals surface area (Å²) in [5.74, 6) is -4.39. The van der Waals surface area contributed by atoms with E-state index in [1.807, 2.05) is 86.6 Å². The van der Waals surface area contributed by atoms with Gasteiger partial charge in [0, 0.05) is 164 Å². The number of aromatic nitrogens is 8. The Morgan fingerprint density at radius 3 is 1.09 bits per heavy atom. The molecule has 16 rings (SSSR count). The summed E-state index contributed by atoms with van der Waals surface area (Å²) < 4.78 is 148. The van der Waals surface area contributed by atoms with E-state index < -0.39 is 86.4 Å². The molecule has 4 aliphatic rings. The first kappa shape index (κ1) is 105. The SMILES string of the molecule is CC(C)(C)OC(=O)N1CCCN(c2ccc(CC(=O)c3nc(-c4ccccc4)oc3C(F)(F)F)cn2)CC1.CC(C)(C)OC(=O)N1CCCN(c2ccc(N)cn2)CC1.O=C(Cc1ccc(N2CCCN(C(=O)Cc3ccccc3Cl)CC2)nc1)c1nc(-c2ccccc2)oc1C(F)(F)F.O=C(Cc1ccc(N2CCCNCC2)nc1)c1nc(-c2ccccc2)oc1C(F)(F)F.O=[N+]([O-])c1ccc(Cl)nc1. The Labute approximate surface area is 815 Å². The fraction of sp³-hybridized carbons (Fsp3) is 0.354. The summed E-state index contributed by atoms with van der Waals surface area (Å²) in [4.78, 5) is 132. The van der Waals surface area contributed by atoms with Crippen LogP contribution in [0.25, 0.3) is 34.4 Å². The molecule has 4 saturated heterocycles. The lowest BCUT2D eigenvalue weighted by Gasteiger charge is -2.26. The van der Waals surface area contributed by atoms with Gasteiger partial charge in [-0.1, -0.05) is 114 Å². The van der Waals surface area contributed by atoms with Gasteiger partial charge in [-0.15, -0.1) is 0 Å². The van der Waals surface area contributed by atoms with E-state index in [4.69, 9.17) is 51.7 Å². The van der Waals surface area contributed by atoms with Crippen molar-refractivity contribution in [2.75, 3.05) is 130 Å². The summed E-state index contributed by atoms with van der Waals surface area (Å²) in [7, 11) is 0. The molecule has 4 aromatic carbocycles. The number of benzene rings is 4. The zero-order valence-electron chi connectivity index (χ0n) is 77.8. The normalized spacial score (nSPS) is 14.5. The summed E-state index contributed by atoms with van der Waals surface area (Å²) in [6, 6.07) is 48.4. The number of nitrogens with two attached hydrogens (primary N) is 1. The molecule has 744 valence electrons. The fourth-order valence-electron chi connectivity index (χ4n) is 14.9. The molecule has 12 heterocycles. The van der Waals surface area contributed by atoms with Crippen LogP contribution in [0.4, 0.5) is 83.7 Å². The minimum atomic E-state index is -4.87. The van der Waals surface area contributed by atoms with E-state index in [0.717, 1.165) is 88.3 Å². The van der Waals surface area contributed by atoms with Crippen LogP contribution in [0.5, 0.6) is 0 Å². The van der Waals surface area contributed by atoms with E-state index in [2.05, 4.69) is 55.0 Å². The lowest BCUT2D eigenvalue weighted by atomic mass is 10.1. The molecular formula is C99H103Cl2F9N18O13. The number of nitrogens with one attached hydrogen (secondary N) is 1. The molecule has 0 saturated carbocycles. The zero-order valence-corrected chi connectivity index (χ0v) is 79.3. The average Bonchev–Trinajstić information content (AvgIpc) is 1.65. The molecule has 4 fully saturated rings. The molecule has 4 aliphatic heterocycles. The number of alkyl halides is 9. The molecule has 42 heteroatoms. The van der Waals surface area contributed by atoms with Crippen molar-refractivity contribution in [1.29, 1.82) is 0 Å². The van der Waals surface area contributed by atoms with Crippen LogP contribution in [0.3, 0.4) is 0 Å². The van der Waals surface area contributed by atoms with Crippen molar-refractivity contribution in [2.24, 2.45) is 0 Å². The number of carbonyl (C=O) groups is 6. The summed E-state index contributed by atoms with van der Waals surface area (Å²) in [6.07, 6.45) is -5.23. The first-order chi connectivity index (χ1) is 67.1. The van der Waals surface area contributed by atoms with Gasteiger partial charge >= 0.3 is 30.7 Å². The highest BCUT2D eigenvalue weighted by Gasteiger charge is 2.45. The highest BCUT2D eigenvalue weighted by atomic mass is 35.5. The molecule has 0 radical (unpaired) electrons. The number of ether oxygens (including phenoxy) is 2. The maximum absolute atomic E-state index is 13.6. The number of nitro groups is 1. The van der Waals surface area contributed by atoms with Gasteiger partial charge in [-0.3, -0.25) is 29.3 Å². The second-order valence-electron chi connectivity index (χ2n) is 34.8. The maximum Gasteiger partial charge on any atom is 0.452 e. The van der Waals surface area contributed by atoms with E-state index in [-0.39, 0.29) is 72.3 Å². The van der Waals surface area contributed by atoms with E-state index >= 15 is 0 Å². The molecule has 31 nitrogen and oxygen atoms in total. The molecule has 0 unspecified atom stereocenters. The largest absolute Gasteiger partial charge is 0.452 e. The zero-order chi connectivity index (χ0) is 101. The van der Waals surface area contributed by atoms with Crippen LogP contribution in [0.2, 0.25) is 10.2 Å². The molecular weight excluding hydrogens is 1890 g/mol. The number of Topliss-reactive ketones (excluding diaryl/α,β-unsaturated/α-hetero) is 3. The van der Waals surface area contributed by atoms with Gasteiger partial charge in [0.1, 0.15) is 45.8 Å². The molecule has 8 aromatic heterocycles. The number of carbonyl (C=O) groups excluding carboxylic acids is 6. The number of rotatable bonds is 19. The predicted octanol–water partition coefficient (Wildman–Crippen LogP) is 19.5. The van der Waals surface area contributed by atoms with E-state index in [1.54, 1.807) is 149 Å². The molecule has 141 heavy (non-hydrogen) atoms. The molecule has 3 N–H and O–H groups in total. The Hall–Kier alpha value is -14.4. The number of nitrogens with zero attached hydrogens (tertiary/aromatic N) is 16. The minimum Gasteiger partial charge on any atom is -0.444 e. The average molecular weight is 1990 g/mol. The van der Waals surface area contributed by atoms with Crippen molar-refractivity contribution in [3.63, 3.8) is 0 Å². The topological polar surface area (TPSA) is 367 Å². The van der Waals surface area contributed by atoms with Gasteiger partial charge in [0.25, 0.3) is 5.69 Å². The van der Waals surface area contributed by atoms with Crippen LogP contribution in [-0.2, 0) is 58.5 Å². The second kappa shape index (κ2) is 48.0. The summed E-state index contributed by atoms with van der Waals surface area (Å²) in [5, 5.41) is 14.2. The number of oxazole rings is 3. The molecule has 0 spiro atoms. The highest BCUT2D eigenvalue weighted by molar-refractivity contribution is 6.31. The molecule has 0 atom stereocenters. The van der Waals surface area contributed by atoms with Crippen molar-refractivity contribution < 1.29 is 95.9 Å². The van der Waals surface area contributed by atoms with Crippen LogP contribution >= 0.6 is 23.2 Å². The van der Waals surface area contributed by atoms with E-state index in [1.165, 1.54) is 30.7 Å². The van der Waals surface area contributed by atoms with Crippen LogP contribution in [0, 0.1) is 10.1 Å². The third-order valence-corrected chi connectivity index (χ3v) is 22.4. The van der Waals surface area contributed by atoms with Gasteiger partial charge in [0.2, 0.25) is 40.9 Å².